The number of urea groups is 1. The third-order valence-corrected chi connectivity index (χ3v) is 2.02. The van der Waals surface area contributed by atoms with E-state index >= 15 is 0 Å². The van der Waals surface area contributed by atoms with Crippen LogP contribution in [0.3, 0.4) is 0 Å². The molecule has 8 heteroatoms. The lowest BCUT2D eigenvalue weighted by atomic mass is 10.3. The second kappa shape index (κ2) is 6.38. The zero-order valence-corrected chi connectivity index (χ0v) is 10.3. The van der Waals surface area contributed by atoms with Gasteiger partial charge in [0.15, 0.2) is 5.69 Å². The summed E-state index contributed by atoms with van der Waals surface area (Å²) in [5.74, 6) is 0.320. The Kier molecular flexibility index (Phi) is 4.85. The van der Waals surface area contributed by atoms with E-state index in [1.165, 1.54) is 4.90 Å². The number of nitrogens with zero attached hydrogens (tertiary/aromatic N) is 3. The van der Waals surface area contributed by atoms with Crippen molar-refractivity contribution < 1.29 is 9.59 Å². The van der Waals surface area contributed by atoms with Gasteiger partial charge in [0.25, 0.3) is 5.91 Å². The molecule has 0 atom stereocenters. The van der Waals surface area contributed by atoms with Crippen LogP contribution in [0.2, 0.25) is 0 Å². The van der Waals surface area contributed by atoms with Crippen molar-refractivity contribution in [3.8, 4) is 0 Å². The summed E-state index contributed by atoms with van der Waals surface area (Å²) in [5, 5.41) is 13.0. The van der Waals surface area contributed by atoms with Crippen LogP contribution in [-0.4, -0.2) is 54.2 Å². The first kappa shape index (κ1) is 13.7. The number of carbonyl (C=O) groups excluding carboxylic acids is 2. The van der Waals surface area contributed by atoms with E-state index in [1.54, 1.807) is 26.2 Å². The van der Waals surface area contributed by atoms with E-state index in [9.17, 15) is 9.59 Å². The highest BCUT2D eigenvalue weighted by Gasteiger charge is 2.09. The summed E-state index contributed by atoms with van der Waals surface area (Å²) in [6, 6.07) is 2.66. The number of aromatic nitrogens is 2. The largest absolute Gasteiger partial charge is 0.367 e. The lowest BCUT2D eigenvalue weighted by Crippen LogP contribution is -2.33. The zero-order valence-electron chi connectivity index (χ0n) is 10.3. The third kappa shape index (κ3) is 4.24. The molecule has 1 rings (SSSR count). The van der Waals surface area contributed by atoms with Crippen molar-refractivity contribution >= 4 is 17.8 Å². The highest BCUT2D eigenvalue weighted by Crippen LogP contribution is 2.02. The Labute approximate surface area is 105 Å². The van der Waals surface area contributed by atoms with Crippen molar-refractivity contribution in [3.63, 3.8) is 0 Å². The fraction of sp³-hybridized carbons (Fsp3) is 0.400. The molecule has 8 nitrogen and oxygen atoms in total. The summed E-state index contributed by atoms with van der Waals surface area (Å²) < 4.78 is 0. The Bertz CT molecular complexity index is 417. The number of nitrogens with two attached hydrogens (primary N) is 1. The number of carbonyl (C=O) groups is 2. The van der Waals surface area contributed by atoms with Gasteiger partial charge in [0, 0.05) is 27.2 Å². The lowest BCUT2D eigenvalue weighted by molar-refractivity contribution is 0.0821. The normalized spacial score (nSPS) is 9.67. The molecule has 0 saturated carbocycles. The van der Waals surface area contributed by atoms with Gasteiger partial charge < -0.3 is 21.3 Å². The number of nitrogens with one attached hydrogen (secondary N) is 2. The maximum Gasteiger partial charge on any atom is 0.312 e. The van der Waals surface area contributed by atoms with Gasteiger partial charge in [-0.15, -0.1) is 10.2 Å². The van der Waals surface area contributed by atoms with Crippen molar-refractivity contribution in [1.82, 2.24) is 20.4 Å². The fourth-order valence-electron chi connectivity index (χ4n) is 1.15. The summed E-state index contributed by atoms with van der Waals surface area (Å²) in [7, 11) is 3.29. The molecule has 0 aliphatic rings. The molecule has 0 bridgehead atoms. The van der Waals surface area contributed by atoms with E-state index < -0.39 is 6.03 Å². The molecule has 98 valence electrons. The summed E-state index contributed by atoms with van der Waals surface area (Å²) in [5.41, 5.74) is 5.18. The molecule has 4 N–H and O–H groups in total. The van der Waals surface area contributed by atoms with Crippen LogP contribution in [0.25, 0.3) is 0 Å². The number of hydrogen-bond acceptors (Lipinski definition) is 5. The van der Waals surface area contributed by atoms with Crippen LogP contribution in [0.4, 0.5) is 10.6 Å². The van der Waals surface area contributed by atoms with Gasteiger partial charge in [-0.3, -0.25) is 4.79 Å². The van der Waals surface area contributed by atoms with E-state index in [1.807, 2.05) is 0 Å². The van der Waals surface area contributed by atoms with Crippen molar-refractivity contribution in [3.05, 3.63) is 17.8 Å². The molecule has 0 fully saturated rings. The van der Waals surface area contributed by atoms with Gasteiger partial charge in [-0.2, -0.15) is 0 Å². The van der Waals surface area contributed by atoms with Gasteiger partial charge >= 0.3 is 6.03 Å². The predicted molar refractivity (Wildman–Crippen MR) is 66.1 cm³/mol. The zero-order chi connectivity index (χ0) is 13.5. The maximum absolute atomic E-state index is 11.5. The SMILES string of the molecule is CN(C)C(=O)c1ccc(NCCNC(N)=O)nn1. The Balaban J connectivity index is 2.45. The number of hydrogen-bond donors (Lipinski definition) is 3. The Morgan fingerprint density at radius 1 is 1.28 bits per heavy atom. The van der Waals surface area contributed by atoms with Crippen LogP contribution in [0.1, 0.15) is 10.5 Å². The van der Waals surface area contributed by atoms with E-state index in [0.29, 0.717) is 18.9 Å². The van der Waals surface area contributed by atoms with Gasteiger partial charge in [0.05, 0.1) is 0 Å². The smallest absolute Gasteiger partial charge is 0.312 e. The monoisotopic (exact) mass is 252 g/mol. The van der Waals surface area contributed by atoms with E-state index in [-0.39, 0.29) is 11.6 Å². The van der Waals surface area contributed by atoms with E-state index in [0.717, 1.165) is 0 Å². The van der Waals surface area contributed by atoms with Crippen molar-refractivity contribution in [2.24, 2.45) is 5.73 Å². The quantitative estimate of drug-likeness (QED) is 0.597. The molecule has 1 aromatic rings. The minimum atomic E-state index is -0.574. The standard InChI is InChI=1S/C10H16N6O2/c1-16(2)9(17)7-3-4-8(15-14-7)12-5-6-13-10(11)18/h3-4H,5-6H2,1-2H3,(H,12,15)(H3,11,13,18). The average Bonchev–Trinajstić information content (AvgIpc) is 2.34. The second-order valence-electron chi connectivity index (χ2n) is 3.72. The Morgan fingerprint density at radius 3 is 2.50 bits per heavy atom. The van der Waals surface area contributed by atoms with Gasteiger partial charge in [-0.1, -0.05) is 0 Å². The van der Waals surface area contributed by atoms with Gasteiger partial charge in [0.1, 0.15) is 5.82 Å². The van der Waals surface area contributed by atoms with Gasteiger partial charge in [-0.05, 0) is 12.1 Å². The first-order valence-corrected chi connectivity index (χ1v) is 5.33. The maximum atomic E-state index is 11.5. The highest BCUT2D eigenvalue weighted by atomic mass is 16.2. The molecule has 0 aliphatic carbocycles. The lowest BCUT2D eigenvalue weighted by Gasteiger charge is -2.09. The van der Waals surface area contributed by atoms with Crippen LogP contribution in [0, 0.1) is 0 Å². The highest BCUT2D eigenvalue weighted by molar-refractivity contribution is 5.91. The summed E-state index contributed by atoms with van der Waals surface area (Å²) >= 11 is 0. The number of amides is 3. The molecule has 1 aromatic heterocycles. The Hall–Kier alpha value is -2.38. The van der Waals surface area contributed by atoms with Crippen LogP contribution < -0.4 is 16.4 Å². The molecular formula is C10H16N6O2. The molecule has 0 radical (unpaired) electrons. The Morgan fingerprint density at radius 2 is 2.00 bits per heavy atom. The molecule has 0 aromatic carbocycles. The van der Waals surface area contributed by atoms with Crippen LogP contribution in [0.15, 0.2) is 12.1 Å². The summed E-state index contributed by atoms with van der Waals surface area (Å²) in [6.45, 7) is 0.855. The van der Waals surface area contributed by atoms with E-state index in [2.05, 4.69) is 20.8 Å². The second-order valence-corrected chi connectivity index (χ2v) is 3.72. The van der Waals surface area contributed by atoms with E-state index in [4.69, 9.17) is 5.73 Å². The molecule has 1 heterocycles. The number of anilines is 1. The molecule has 0 aliphatic heterocycles. The third-order valence-electron chi connectivity index (χ3n) is 2.02. The molecule has 0 unspecified atom stereocenters. The topological polar surface area (TPSA) is 113 Å². The van der Waals surface area contributed by atoms with Crippen LogP contribution in [0.5, 0.6) is 0 Å². The van der Waals surface area contributed by atoms with Crippen molar-refractivity contribution in [2.45, 2.75) is 0 Å². The first-order valence-electron chi connectivity index (χ1n) is 5.33. The predicted octanol–water partition coefficient (Wildman–Crippen LogP) is -0.741. The molecule has 3 amide bonds. The fourth-order valence-corrected chi connectivity index (χ4v) is 1.15. The average molecular weight is 252 g/mol. The van der Waals surface area contributed by atoms with Crippen LogP contribution in [-0.2, 0) is 0 Å². The number of primary amides is 1. The molecule has 18 heavy (non-hydrogen) atoms. The molecular weight excluding hydrogens is 236 g/mol. The summed E-state index contributed by atoms with van der Waals surface area (Å²) in [6.07, 6.45) is 0. The molecule has 0 spiro atoms. The minimum absolute atomic E-state index is 0.204. The number of rotatable bonds is 5. The van der Waals surface area contributed by atoms with Gasteiger partial charge in [0.2, 0.25) is 0 Å². The van der Waals surface area contributed by atoms with Crippen LogP contribution >= 0.6 is 0 Å². The molecule has 0 saturated heterocycles. The van der Waals surface area contributed by atoms with Crippen molar-refractivity contribution in [2.75, 3.05) is 32.5 Å². The first-order chi connectivity index (χ1) is 8.50. The van der Waals surface area contributed by atoms with Crippen molar-refractivity contribution in [1.29, 1.82) is 0 Å². The summed E-state index contributed by atoms with van der Waals surface area (Å²) in [4.78, 5) is 23.4. The minimum Gasteiger partial charge on any atom is -0.367 e. The van der Waals surface area contributed by atoms with Gasteiger partial charge in [-0.25, -0.2) is 4.79 Å².